The third kappa shape index (κ3) is 7.83. The van der Waals surface area contributed by atoms with Gasteiger partial charge in [-0.05, 0) is 80.5 Å². The van der Waals surface area contributed by atoms with Crippen molar-refractivity contribution in [2.24, 2.45) is 0 Å². The minimum absolute atomic E-state index is 0.0113. The zero-order valence-electron chi connectivity index (χ0n) is 23.6. The highest BCUT2D eigenvalue weighted by atomic mass is 16.5. The lowest BCUT2D eigenvalue weighted by Crippen LogP contribution is -2.52. The Bertz CT molecular complexity index is 1120. The molecular weight excluding hydrogens is 484 g/mol. The maximum atomic E-state index is 12.9. The van der Waals surface area contributed by atoms with Crippen molar-refractivity contribution < 1.29 is 14.6 Å². The fourth-order valence-corrected chi connectivity index (χ4v) is 5.85. The van der Waals surface area contributed by atoms with Crippen LogP contribution in [0.5, 0.6) is 5.75 Å². The standard InChI is InChI=1S/C34H46N2O3/c1-4-7-8-9-15-33(38)36-29(22-27-14-10-13-26(20-27)12-5-2)31(37)24-35-30-23-34(18-11-19-34)39-32-17-16-25(6-3)21-28(30)32/h4-5,10,13-14,16-17,20-21,29-31,35,37H,1-2,6-9,11-12,15,18-19,22-24H2,3H3,(H,36,38)/t29-,30-,31-/m0/s1. The molecule has 1 heterocycles. The maximum Gasteiger partial charge on any atom is 0.220 e. The number of fused-ring (bicyclic) bond motifs is 1. The van der Waals surface area contributed by atoms with Crippen LogP contribution in [0.25, 0.3) is 0 Å². The number of allylic oxidation sites excluding steroid dienone is 2. The second kappa shape index (κ2) is 14.0. The Morgan fingerprint density at radius 1 is 1.13 bits per heavy atom. The summed E-state index contributed by atoms with van der Waals surface area (Å²) in [7, 11) is 0. The molecule has 39 heavy (non-hydrogen) atoms. The second-order valence-electron chi connectivity index (χ2n) is 11.3. The van der Waals surface area contributed by atoms with Crippen LogP contribution in [0.4, 0.5) is 0 Å². The van der Waals surface area contributed by atoms with Crippen molar-refractivity contribution in [3.05, 3.63) is 90.0 Å². The van der Waals surface area contributed by atoms with Gasteiger partial charge in [0.15, 0.2) is 0 Å². The first-order valence-corrected chi connectivity index (χ1v) is 14.8. The van der Waals surface area contributed by atoms with Gasteiger partial charge in [-0.2, -0.15) is 0 Å². The van der Waals surface area contributed by atoms with Crippen molar-refractivity contribution >= 4 is 5.91 Å². The van der Waals surface area contributed by atoms with Crippen LogP contribution in [-0.2, 0) is 24.1 Å². The predicted octanol–water partition coefficient (Wildman–Crippen LogP) is 6.15. The fraction of sp³-hybridized carbons (Fsp3) is 0.500. The van der Waals surface area contributed by atoms with E-state index in [9.17, 15) is 9.90 Å². The largest absolute Gasteiger partial charge is 0.487 e. The predicted molar refractivity (Wildman–Crippen MR) is 159 cm³/mol. The lowest BCUT2D eigenvalue weighted by Gasteiger charge is -2.48. The van der Waals surface area contributed by atoms with Crippen LogP contribution in [-0.4, -0.2) is 35.3 Å². The number of unbranched alkanes of at least 4 members (excludes halogenated alkanes) is 2. The van der Waals surface area contributed by atoms with Gasteiger partial charge in [0.2, 0.25) is 5.91 Å². The number of ether oxygens (including phenoxy) is 1. The zero-order chi connectivity index (χ0) is 27.7. The van der Waals surface area contributed by atoms with Gasteiger partial charge in [0.1, 0.15) is 11.4 Å². The van der Waals surface area contributed by atoms with Crippen LogP contribution in [0, 0.1) is 0 Å². The lowest BCUT2D eigenvalue weighted by atomic mass is 9.72. The molecule has 210 valence electrons. The van der Waals surface area contributed by atoms with Gasteiger partial charge >= 0.3 is 0 Å². The molecule has 1 fully saturated rings. The van der Waals surface area contributed by atoms with Crippen LogP contribution in [0.1, 0.15) is 86.6 Å². The van der Waals surface area contributed by atoms with Crippen molar-refractivity contribution in [1.29, 1.82) is 0 Å². The van der Waals surface area contributed by atoms with Gasteiger partial charge in [-0.3, -0.25) is 4.79 Å². The average Bonchev–Trinajstić information content (AvgIpc) is 2.92. The molecule has 0 saturated heterocycles. The van der Waals surface area contributed by atoms with Crippen molar-refractivity contribution in [1.82, 2.24) is 10.6 Å². The Balaban J connectivity index is 1.46. The molecule has 5 nitrogen and oxygen atoms in total. The molecule has 0 radical (unpaired) electrons. The maximum absolute atomic E-state index is 12.9. The van der Waals surface area contributed by atoms with Crippen molar-refractivity contribution in [3.8, 4) is 5.75 Å². The van der Waals surface area contributed by atoms with Crippen molar-refractivity contribution in [2.45, 2.75) is 101 Å². The number of aliphatic hydroxyl groups excluding tert-OH is 1. The van der Waals surface area contributed by atoms with Gasteiger partial charge in [-0.25, -0.2) is 0 Å². The summed E-state index contributed by atoms with van der Waals surface area (Å²) in [5.74, 6) is 0.955. The van der Waals surface area contributed by atoms with E-state index in [1.165, 1.54) is 23.1 Å². The molecule has 3 atom stereocenters. The topological polar surface area (TPSA) is 70.6 Å². The first-order valence-electron chi connectivity index (χ1n) is 14.8. The molecule has 1 saturated carbocycles. The van der Waals surface area contributed by atoms with Crippen LogP contribution in [0.2, 0.25) is 0 Å². The Labute approximate surface area is 234 Å². The molecule has 3 N–H and O–H groups in total. The highest BCUT2D eigenvalue weighted by Crippen LogP contribution is 2.49. The Morgan fingerprint density at radius 3 is 2.67 bits per heavy atom. The Morgan fingerprint density at radius 2 is 1.95 bits per heavy atom. The molecule has 4 rings (SSSR count). The smallest absolute Gasteiger partial charge is 0.220 e. The number of aryl methyl sites for hydroxylation is 1. The van der Waals surface area contributed by atoms with E-state index in [-0.39, 0.29) is 23.6 Å². The third-order valence-electron chi connectivity index (χ3n) is 8.30. The van der Waals surface area contributed by atoms with E-state index < -0.39 is 6.10 Å². The van der Waals surface area contributed by atoms with Gasteiger partial charge in [0.05, 0.1) is 12.1 Å². The van der Waals surface area contributed by atoms with Gasteiger partial charge in [-0.15, -0.1) is 13.2 Å². The first-order chi connectivity index (χ1) is 18.9. The van der Waals surface area contributed by atoms with Crippen molar-refractivity contribution in [3.63, 3.8) is 0 Å². The Hall–Kier alpha value is -2.89. The summed E-state index contributed by atoms with van der Waals surface area (Å²) < 4.78 is 6.48. The molecule has 1 spiro atoms. The van der Waals surface area contributed by atoms with E-state index >= 15 is 0 Å². The summed E-state index contributed by atoms with van der Waals surface area (Å²) in [6.07, 6.45) is 12.8. The quantitative estimate of drug-likeness (QED) is 0.191. The average molecular weight is 531 g/mol. The van der Waals surface area contributed by atoms with E-state index in [0.717, 1.165) is 62.7 Å². The highest BCUT2D eigenvalue weighted by molar-refractivity contribution is 5.76. The molecule has 0 aromatic heterocycles. The number of nitrogens with one attached hydrogen (secondary N) is 2. The normalized spacial score (nSPS) is 18.8. The minimum Gasteiger partial charge on any atom is -0.487 e. The van der Waals surface area contributed by atoms with Gasteiger partial charge in [0, 0.05) is 31.0 Å². The summed E-state index contributed by atoms with van der Waals surface area (Å²) in [6.45, 7) is 10.2. The molecule has 0 unspecified atom stereocenters. The number of carbonyl (C=O) groups is 1. The molecule has 1 aliphatic carbocycles. The van der Waals surface area contributed by atoms with E-state index in [0.29, 0.717) is 19.4 Å². The number of hydrogen-bond donors (Lipinski definition) is 3. The van der Waals surface area contributed by atoms with Crippen LogP contribution in [0.3, 0.4) is 0 Å². The van der Waals surface area contributed by atoms with E-state index in [4.69, 9.17) is 4.74 Å². The number of rotatable bonds is 15. The number of amides is 1. The number of hydrogen-bond acceptors (Lipinski definition) is 4. The van der Waals surface area contributed by atoms with Crippen LogP contribution < -0.4 is 15.4 Å². The number of benzene rings is 2. The fourth-order valence-electron chi connectivity index (χ4n) is 5.85. The van der Waals surface area contributed by atoms with Gasteiger partial charge < -0.3 is 20.5 Å². The number of carbonyl (C=O) groups excluding carboxylic acids is 1. The summed E-state index contributed by atoms with van der Waals surface area (Å²) in [5.41, 5.74) is 4.66. The summed E-state index contributed by atoms with van der Waals surface area (Å²) in [4.78, 5) is 12.9. The molecule has 5 heteroatoms. The molecule has 2 aliphatic rings. The summed E-state index contributed by atoms with van der Waals surface area (Å²) in [5, 5.41) is 18.3. The molecule has 1 amide bonds. The van der Waals surface area contributed by atoms with Crippen LogP contribution >= 0.6 is 0 Å². The second-order valence-corrected chi connectivity index (χ2v) is 11.3. The summed E-state index contributed by atoms with van der Waals surface area (Å²) >= 11 is 0. The van der Waals surface area contributed by atoms with Crippen LogP contribution in [0.15, 0.2) is 67.8 Å². The third-order valence-corrected chi connectivity index (χ3v) is 8.30. The monoisotopic (exact) mass is 530 g/mol. The van der Waals surface area contributed by atoms with Crippen molar-refractivity contribution in [2.75, 3.05) is 6.54 Å². The minimum atomic E-state index is -0.733. The molecule has 2 aromatic rings. The Kier molecular flexibility index (Phi) is 10.4. The van der Waals surface area contributed by atoms with Gasteiger partial charge in [0.25, 0.3) is 0 Å². The highest BCUT2D eigenvalue weighted by Gasteiger charge is 2.45. The lowest BCUT2D eigenvalue weighted by molar-refractivity contribution is -0.122. The number of aliphatic hydroxyl groups is 1. The molecule has 2 aromatic carbocycles. The van der Waals surface area contributed by atoms with E-state index in [1.54, 1.807) is 0 Å². The SMILES string of the molecule is C=CCCCCC(=O)N[C@@H](Cc1cccc(CC=C)c1)[C@@H](O)CN[C@H]1CC2(CCC2)Oc2ccc(CC)cc21. The van der Waals surface area contributed by atoms with E-state index in [2.05, 4.69) is 67.1 Å². The van der Waals surface area contributed by atoms with Gasteiger partial charge in [-0.1, -0.05) is 55.5 Å². The molecular formula is C34H46N2O3. The molecule has 1 aliphatic heterocycles. The summed E-state index contributed by atoms with van der Waals surface area (Å²) in [6, 6.07) is 14.6. The molecule has 0 bridgehead atoms. The zero-order valence-corrected chi connectivity index (χ0v) is 23.6. The van der Waals surface area contributed by atoms with E-state index in [1.807, 2.05) is 18.2 Å². The first kappa shape index (κ1) is 29.1.